The second kappa shape index (κ2) is 5.23. The van der Waals surface area contributed by atoms with Crippen LogP contribution in [0.5, 0.6) is 0 Å². The number of nitrogens with zero attached hydrogens (tertiary/aromatic N) is 4. The smallest absolute Gasteiger partial charge is 0.219 e. The second-order valence-corrected chi connectivity index (χ2v) is 4.16. The van der Waals surface area contributed by atoms with Crippen LogP contribution in [-0.4, -0.2) is 52.5 Å². The summed E-state index contributed by atoms with van der Waals surface area (Å²) in [6, 6.07) is 0. The molecule has 1 fully saturated rings. The fourth-order valence-corrected chi connectivity index (χ4v) is 1.97. The maximum absolute atomic E-state index is 5.45. The van der Waals surface area contributed by atoms with Gasteiger partial charge in [-0.1, -0.05) is 6.92 Å². The SMILES string of the molecule is CCN1CCN(Cc2cnc(N)nc2)CC1. The largest absolute Gasteiger partial charge is 0.368 e. The maximum atomic E-state index is 5.45. The minimum atomic E-state index is 0.347. The fraction of sp³-hybridized carbons (Fsp3) is 0.636. The van der Waals surface area contributed by atoms with Gasteiger partial charge >= 0.3 is 0 Å². The van der Waals surface area contributed by atoms with Crippen molar-refractivity contribution in [2.24, 2.45) is 0 Å². The Labute approximate surface area is 96.3 Å². The summed E-state index contributed by atoms with van der Waals surface area (Å²) in [6.45, 7) is 8.86. The van der Waals surface area contributed by atoms with Crippen molar-refractivity contribution in [3.05, 3.63) is 18.0 Å². The van der Waals surface area contributed by atoms with Gasteiger partial charge in [-0.3, -0.25) is 4.90 Å². The van der Waals surface area contributed by atoms with Crippen LogP contribution in [-0.2, 0) is 6.54 Å². The molecule has 0 aromatic carbocycles. The van der Waals surface area contributed by atoms with E-state index in [1.165, 1.54) is 0 Å². The lowest BCUT2D eigenvalue weighted by atomic mass is 10.2. The highest BCUT2D eigenvalue weighted by atomic mass is 15.3. The Balaban J connectivity index is 1.84. The summed E-state index contributed by atoms with van der Waals surface area (Å²) in [7, 11) is 0. The Kier molecular flexibility index (Phi) is 3.69. The normalized spacial score (nSPS) is 18.8. The van der Waals surface area contributed by atoms with Crippen molar-refractivity contribution in [1.82, 2.24) is 19.8 Å². The first-order chi connectivity index (χ1) is 7.78. The van der Waals surface area contributed by atoms with E-state index in [1.54, 1.807) is 0 Å². The van der Waals surface area contributed by atoms with Gasteiger partial charge in [0.2, 0.25) is 5.95 Å². The molecule has 0 atom stereocenters. The lowest BCUT2D eigenvalue weighted by molar-refractivity contribution is 0.132. The van der Waals surface area contributed by atoms with E-state index < -0.39 is 0 Å². The quantitative estimate of drug-likeness (QED) is 0.790. The zero-order valence-electron chi connectivity index (χ0n) is 9.76. The molecule has 0 unspecified atom stereocenters. The molecule has 1 aliphatic rings. The van der Waals surface area contributed by atoms with Gasteiger partial charge in [0.25, 0.3) is 0 Å². The molecule has 1 aliphatic heterocycles. The van der Waals surface area contributed by atoms with E-state index in [0.717, 1.165) is 44.8 Å². The number of hydrogen-bond acceptors (Lipinski definition) is 5. The van der Waals surface area contributed by atoms with Crippen molar-refractivity contribution < 1.29 is 0 Å². The minimum absolute atomic E-state index is 0.347. The lowest BCUT2D eigenvalue weighted by Gasteiger charge is -2.33. The highest BCUT2D eigenvalue weighted by Crippen LogP contribution is 2.07. The van der Waals surface area contributed by atoms with Crippen LogP contribution in [0.2, 0.25) is 0 Å². The fourth-order valence-electron chi connectivity index (χ4n) is 1.97. The van der Waals surface area contributed by atoms with E-state index in [-0.39, 0.29) is 0 Å². The molecule has 88 valence electrons. The molecular weight excluding hydrogens is 202 g/mol. The van der Waals surface area contributed by atoms with E-state index in [1.807, 2.05) is 12.4 Å². The van der Waals surface area contributed by atoms with Crippen molar-refractivity contribution in [1.29, 1.82) is 0 Å². The number of nitrogen functional groups attached to an aromatic ring is 1. The van der Waals surface area contributed by atoms with Crippen molar-refractivity contribution in [3.8, 4) is 0 Å². The van der Waals surface area contributed by atoms with Crippen molar-refractivity contribution in [2.75, 3.05) is 38.5 Å². The van der Waals surface area contributed by atoms with Gasteiger partial charge in [0.05, 0.1) is 0 Å². The van der Waals surface area contributed by atoms with Gasteiger partial charge in [-0.15, -0.1) is 0 Å². The predicted octanol–water partition coefficient (Wildman–Crippen LogP) is 0.196. The van der Waals surface area contributed by atoms with Crippen LogP contribution in [0.15, 0.2) is 12.4 Å². The number of likely N-dealkylation sites (N-methyl/N-ethyl adjacent to an activating group) is 1. The standard InChI is InChI=1S/C11H19N5/c1-2-15-3-5-16(6-4-15)9-10-7-13-11(12)14-8-10/h7-8H,2-6,9H2,1H3,(H2,12,13,14). The molecule has 0 bridgehead atoms. The molecule has 0 aliphatic carbocycles. The molecule has 2 rings (SSSR count). The van der Waals surface area contributed by atoms with Gasteiger partial charge in [-0.05, 0) is 6.54 Å². The molecule has 0 amide bonds. The average molecular weight is 221 g/mol. The summed E-state index contributed by atoms with van der Waals surface area (Å²) < 4.78 is 0. The average Bonchev–Trinajstić information content (AvgIpc) is 2.33. The molecule has 5 heteroatoms. The van der Waals surface area contributed by atoms with Gasteiger partial charge in [-0.2, -0.15) is 0 Å². The van der Waals surface area contributed by atoms with Gasteiger partial charge in [0.1, 0.15) is 0 Å². The molecule has 2 N–H and O–H groups in total. The minimum Gasteiger partial charge on any atom is -0.368 e. The van der Waals surface area contributed by atoms with Crippen LogP contribution in [0.4, 0.5) is 5.95 Å². The number of rotatable bonds is 3. The second-order valence-electron chi connectivity index (χ2n) is 4.16. The number of nitrogens with two attached hydrogens (primary N) is 1. The Hall–Kier alpha value is -1.20. The highest BCUT2D eigenvalue weighted by Gasteiger charge is 2.15. The third kappa shape index (κ3) is 2.90. The summed E-state index contributed by atoms with van der Waals surface area (Å²) in [5.74, 6) is 0.347. The van der Waals surface area contributed by atoms with Crippen LogP contribution in [0.1, 0.15) is 12.5 Å². The molecule has 1 aromatic heterocycles. The molecule has 0 saturated carbocycles. The predicted molar refractivity (Wildman–Crippen MR) is 63.8 cm³/mol. The first-order valence-electron chi connectivity index (χ1n) is 5.79. The zero-order chi connectivity index (χ0) is 11.4. The van der Waals surface area contributed by atoms with Crippen LogP contribution >= 0.6 is 0 Å². The molecular formula is C11H19N5. The molecule has 0 spiro atoms. The van der Waals surface area contributed by atoms with Gasteiger partial charge in [-0.25, -0.2) is 9.97 Å². The van der Waals surface area contributed by atoms with E-state index >= 15 is 0 Å². The number of hydrogen-bond donors (Lipinski definition) is 1. The van der Waals surface area contributed by atoms with Crippen LogP contribution in [0.3, 0.4) is 0 Å². The van der Waals surface area contributed by atoms with Crippen molar-refractivity contribution >= 4 is 5.95 Å². The summed E-state index contributed by atoms with van der Waals surface area (Å²) in [4.78, 5) is 12.9. The molecule has 2 heterocycles. The Bertz CT molecular complexity index is 316. The summed E-state index contributed by atoms with van der Waals surface area (Å²) in [6.07, 6.45) is 3.63. The van der Waals surface area contributed by atoms with Crippen LogP contribution < -0.4 is 5.73 Å². The van der Waals surface area contributed by atoms with Gasteiger partial charge in [0, 0.05) is 50.7 Å². The van der Waals surface area contributed by atoms with E-state index in [4.69, 9.17) is 5.73 Å². The lowest BCUT2D eigenvalue weighted by Crippen LogP contribution is -2.45. The number of piperazine rings is 1. The zero-order valence-corrected chi connectivity index (χ0v) is 9.76. The van der Waals surface area contributed by atoms with Gasteiger partial charge in [0.15, 0.2) is 0 Å². The first kappa shape index (κ1) is 11.3. The Morgan fingerprint density at radius 1 is 1.12 bits per heavy atom. The Morgan fingerprint density at radius 3 is 2.25 bits per heavy atom. The van der Waals surface area contributed by atoms with E-state index in [9.17, 15) is 0 Å². The Morgan fingerprint density at radius 2 is 1.69 bits per heavy atom. The summed E-state index contributed by atoms with van der Waals surface area (Å²) in [5.41, 5.74) is 6.59. The summed E-state index contributed by atoms with van der Waals surface area (Å²) in [5, 5.41) is 0. The van der Waals surface area contributed by atoms with E-state index in [2.05, 4.69) is 26.7 Å². The van der Waals surface area contributed by atoms with Crippen molar-refractivity contribution in [2.45, 2.75) is 13.5 Å². The third-order valence-electron chi connectivity index (χ3n) is 3.04. The van der Waals surface area contributed by atoms with Crippen molar-refractivity contribution in [3.63, 3.8) is 0 Å². The highest BCUT2D eigenvalue weighted by molar-refractivity contribution is 5.17. The first-order valence-corrected chi connectivity index (χ1v) is 5.79. The molecule has 16 heavy (non-hydrogen) atoms. The number of aromatic nitrogens is 2. The van der Waals surface area contributed by atoms with Crippen LogP contribution in [0.25, 0.3) is 0 Å². The third-order valence-corrected chi connectivity index (χ3v) is 3.04. The number of anilines is 1. The van der Waals surface area contributed by atoms with Gasteiger partial charge < -0.3 is 10.6 Å². The topological polar surface area (TPSA) is 58.3 Å². The molecule has 5 nitrogen and oxygen atoms in total. The maximum Gasteiger partial charge on any atom is 0.219 e. The van der Waals surface area contributed by atoms with E-state index in [0.29, 0.717) is 5.95 Å². The molecule has 1 aromatic rings. The molecule has 1 saturated heterocycles. The summed E-state index contributed by atoms with van der Waals surface area (Å²) >= 11 is 0. The van der Waals surface area contributed by atoms with Crippen LogP contribution in [0, 0.1) is 0 Å². The molecule has 0 radical (unpaired) electrons. The monoisotopic (exact) mass is 221 g/mol.